The molecule has 0 unspecified atom stereocenters. The monoisotopic (exact) mass is 355 g/mol. The molecule has 8 heteroatoms. The van der Waals surface area contributed by atoms with Crippen molar-refractivity contribution in [3.63, 3.8) is 0 Å². The second-order valence-corrected chi connectivity index (χ2v) is 5.43. The predicted molar refractivity (Wildman–Crippen MR) is 91.4 cm³/mol. The molecule has 2 aromatic rings. The molecule has 0 saturated heterocycles. The van der Waals surface area contributed by atoms with Crippen molar-refractivity contribution in [2.24, 2.45) is 0 Å². The van der Waals surface area contributed by atoms with Gasteiger partial charge < -0.3 is 10.4 Å². The summed E-state index contributed by atoms with van der Waals surface area (Å²) in [5, 5.41) is 13.0. The maximum absolute atomic E-state index is 11.8. The predicted octanol–water partition coefficient (Wildman–Crippen LogP) is 3.33. The summed E-state index contributed by atoms with van der Waals surface area (Å²) in [6, 6.07) is 10.7. The van der Waals surface area contributed by atoms with E-state index in [-0.39, 0.29) is 10.9 Å². The van der Waals surface area contributed by atoms with Gasteiger partial charge in [-0.05, 0) is 54.7 Å². The second kappa shape index (κ2) is 7.31. The Morgan fingerprint density at radius 2 is 1.68 bits per heavy atom. The molecular weight excluding hydrogens is 345 g/mol. The summed E-state index contributed by atoms with van der Waals surface area (Å²) in [7, 11) is 0. The molecule has 0 aliphatic rings. The first-order valence-corrected chi connectivity index (χ1v) is 7.23. The molecule has 2 rings (SSSR count). The third-order valence-corrected chi connectivity index (χ3v) is 3.54. The molecule has 114 valence electrons. The Hall–Kier alpha value is -2.02. The lowest BCUT2D eigenvalue weighted by Crippen LogP contribution is -2.43. The molecular formula is C14H11Cl2N3O2S. The van der Waals surface area contributed by atoms with Crippen LogP contribution in [0.2, 0.25) is 10.0 Å². The Morgan fingerprint density at radius 3 is 2.32 bits per heavy atom. The number of amides is 1. The quantitative estimate of drug-likeness (QED) is 0.491. The topological polar surface area (TPSA) is 73.4 Å². The number of phenols is 1. The molecule has 0 aliphatic carbocycles. The Bertz CT molecular complexity index is 708. The SMILES string of the molecule is O=C(NNC(=S)Nc1ccc(Cl)c(Cl)c1)c1ccc(O)cc1. The molecule has 0 aliphatic heterocycles. The molecule has 0 atom stereocenters. The van der Waals surface area contributed by atoms with E-state index < -0.39 is 5.91 Å². The van der Waals surface area contributed by atoms with Crippen LogP contribution in [0.5, 0.6) is 5.75 Å². The van der Waals surface area contributed by atoms with E-state index in [2.05, 4.69) is 16.2 Å². The third kappa shape index (κ3) is 4.49. The van der Waals surface area contributed by atoms with E-state index in [9.17, 15) is 4.79 Å². The number of hydrogen-bond donors (Lipinski definition) is 4. The van der Waals surface area contributed by atoms with Gasteiger partial charge >= 0.3 is 0 Å². The van der Waals surface area contributed by atoms with Gasteiger partial charge in [-0.3, -0.25) is 15.6 Å². The highest BCUT2D eigenvalue weighted by Gasteiger charge is 2.06. The van der Waals surface area contributed by atoms with Crippen molar-refractivity contribution in [1.82, 2.24) is 10.9 Å². The van der Waals surface area contributed by atoms with E-state index in [1.807, 2.05) is 0 Å². The summed E-state index contributed by atoms with van der Waals surface area (Å²) in [4.78, 5) is 11.8. The minimum absolute atomic E-state index is 0.0845. The molecule has 0 saturated carbocycles. The van der Waals surface area contributed by atoms with Crippen molar-refractivity contribution in [3.05, 3.63) is 58.1 Å². The summed E-state index contributed by atoms with van der Waals surface area (Å²) >= 11 is 16.8. The van der Waals surface area contributed by atoms with E-state index in [1.54, 1.807) is 18.2 Å². The van der Waals surface area contributed by atoms with E-state index in [1.165, 1.54) is 24.3 Å². The summed E-state index contributed by atoms with van der Waals surface area (Å²) in [6.07, 6.45) is 0. The number of rotatable bonds is 2. The summed E-state index contributed by atoms with van der Waals surface area (Å²) < 4.78 is 0. The minimum atomic E-state index is -0.390. The number of aromatic hydroxyl groups is 1. The van der Waals surface area contributed by atoms with E-state index in [4.69, 9.17) is 40.5 Å². The number of nitrogens with one attached hydrogen (secondary N) is 3. The second-order valence-electron chi connectivity index (χ2n) is 4.21. The maximum atomic E-state index is 11.8. The molecule has 0 fully saturated rings. The number of benzene rings is 2. The molecule has 22 heavy (non-hydrogen) atoms. The van der Waals surface area contributed by atoms with E-state index in [0.29, 0.717) is 21.3 Å². The van der Waals surface area contributed by atoms with Gasteiger partial charge in [0.05, 0.1) is 10.0 Å². The van der Waals surface area contributed by atoms with Gasteiger partial charge in [-0.25, -0.2) is 0 Å². The smallest absolute Gasteiger partial charge is 0.269 e. The lowest BCUT2D eigenvalue weighted by atomic mass is 10.2. The minimum Gasteiger partial charge on any atom is -0.508 e. The Labute approximate surface area is 142 Å². The number of carbonyl (C=O) groups is 1. The van der Waals surface area contributed by atoms with Gasteiger partial charge in [0.25, 0.3) is 5.91 Å². The fraction of sp³-hybridized carbons (Fsp3) is 0. The standard InChI is InChI=1S/C14H11Cl2N3O2S/c15-11-6-3-9(7-12(11)16)17-14(22)19-18-13(21)8-1-4-10(20)5-2-8/h1-7,20H,(H,18,21)(H2,17,19,22). The van der Waals surface area contributed by atoms with E-state index >= 15 is 0 Å². The number of thiocarbonyl (C=S) groups is 1. The van der Waals surface area contributed by atoms with Crippen molar-refractivity contribution in [3.8, 4) is 5.75 Å². The number of anilines is 1. The molecule has 4 N–H and O–H groups in total. The summed E-state index contributed by atoms with van der Waals surface area (Å²) in [5.74, 6) is -0.306. The van der Waals surface area contributed by atoms with Crippen molar-refractivity contribution >= 4 is 52.1 Å². The van der Waals surface area contributed by atoms with Gasteiger partial charge in [-0.1, -0.05) is 23.2 Å². The molecule has 2 aromatic carbocycles. The Morgan fingerprint density at radius 1 is 1.00 bits per heavy atom. The molecule has 0 aromatic heterocycles. The first-order valence-electron chi connectivity index (χ1n) is 6.07. The van der Waals surface area contributed by atoms with Crippen LogP contribution in [0.25, 0.3) is 0 Å². The number of hydrazine groups is 1. The fourth-order valence-electron chi connectivity index (χ4n) is 1.53. The van der Waals surface area contributed by atoms with Crippen LogP contribution in [-0.2, 0) is 0 Å². The van der Waals surface area contributed by atoms with Crippen molar-refractivity contribution in [2.75, 3.05) is 5.32 Å². The van der Waals surface area contributed by atoms with Crippen molar-refractivity contribution in [1.29, 1.82) is 0 Å². The first kappa shape index (κ1) is 16.4. The van der Waals surface area contributed by atoms with Crippen LogP contribution in [0.15, 0.2) is 42.5 Å². The number of hydrogen-bond acceptors (Lipinski definition) is 3. The van der Waals surface area contributed by atoms with Gasteiger partial charge in [-0.2, -0.15) is 0 Å². The highest BCUT2D eigenvalue weighted by atomic mass is 35.5. The van der Waals surface area contributed by atoms with Crippen LogP contribution in [-0.4, -0.2) is 16.1 Å². The molecule has 0 radical (unpaired) electrons. The Kier molecular flexibility index (Phi) is 5.43. The zero-order valence-electron chi connectivity index (χ0n) is 11.1. The van der Waals surface area contributed by atoms with Gasteiger partial charge in [0.15, 0.2) is 5.11 Å². The van der Waals surface area contributed by atoms with Crippen LogP contribution < -0.4 is 16.2 Å². The largest absolute Gasteiger partial charge is 0.508 e. The lowest BCUT2D eigenvalue weighted by Gasteiger charge is -2.12. The number of halogens is 2. The van der Waals surface area contributed by atoms with Gasteiger partial charge in [-0.15, -0.1) is 0 Å². The van der Waals surface area contributed by atoms with Gasteiger partial charge in [0, 0.05) is 11.3 Å². The molecule has 0 bridgehead atoms. The van der Waals surface area contributed by atoms with Crippen LogP contribution in [0.3, 0.4) is 0 Å². The van der Waals surface area contributed by atoms with Crippen LogP contribution in [0, 0.1) is 0 Å². The fourth-order valence-corrected chi connectivity index (χ4v) is 2.00. The van der Waals surface area contributed by atoms with Gasteiger partial charge in [0.1, 0.15) is 5.75 Å². The highest BCUT2D eigenvalue weighted by molar-refractivity contribution is 7.80. The first-order chi connectivity index (χ1) is 10.5. The lowest BCUT2D eigenvalue weighted by molar-refractivity contribution is 0.0944. The van der Waals surface area contributed by atoms with Crippen LogP contribution in [0.1, 0.15) is 10.4 Å². The third-order valence-electron chi connectivity index (χ3n) is 2.60. The molecule has 5 nitrogen and oxygen atoms in total. The van der Waals surface area contributed by atoms with Crippen LogP contribution >= 0.6 is 35.4 Å². The van der Waals surface area contributed by atoms with E-state index in [0.717, 1.165) is 0 Å². The molecule has 0 heterocycles. The average molecular weight is 356 g/mol. The molecule has 0 spiro atoms. The highest BCUT2D eigenvalue weighted by Crippen LogP contribution is 2.24. The normalized spacial score (nSPS) is 9.91. The summed E-state index contributed by atoms with van der Waals surface area (Å²) in [6.45, 7) is 0. The van der Waals surface area contributed by atoms with Crippen molar-refractivity contribution < 1.29 is 9.90 Å². The summed E-state index contributed by atoms with van der Waals surface area (Å²) in [5.41, 5.74) is 6.00. The van der Waals surface area contributed by atoms with Crippen molar-refractivity contribution in [2.45, 2.75) is 0 Å². The average Bonchev–Trinajstić information content (AvgIpc) is 2.49. The zero-order valence-corrected chi connectivity index (χ0v) is 13.4. The zero-order chi connectivity index (χ0) is 16.1. The number of carbonyl (C=O) groups excluding carboxylic acids is 1. The van der Waals surface area contributed by atoms with Crippen LogP contribution in [0.4, 0.5) is 5.69 Å². The maximum Gasteiger partial charge on any atom is 0.269 e. The van der Waals surface area contributed by atoms with Gasteiger partial charge in [0.2, 0.25) is 0 Å². The molecule has 1 amide bonds. The Balaban J connectivity index is 1.88. The number of phenolic OH excluding ortho intramolecular Hbond substituents is 1.